The van der Waals surface area contributed by atoms with Crippen molar-refractivity contribution >= 4 is 29.9 Å². The number of nitrogens with one attached hydrogen (secondary N) is 2. The van der Waals surface area contributed by atoms with Crippen LogP contribution in [0.1, 0.15) is 58.8 Å². The zero-order valence-electron chi connectivity index (χ0n) is 13.8. The highest BCUT2D eigenvalue weighted by Gasteiger charge is 2.35. The summed E-state index contributed by atoms with van der Waals surface area (Å²) in [5, 5.41) is 6.98. The van der Waals surface area contributed by atoms with Crippen LogP contribution >= 0.6 is 24.0 Å². The van der Waals surface area contributed by atoms with E-state index < -0.39 is 0 Å². The van der Waals surface area contributed by atoms with Crippen LogP contribution in [0.2, 0.25) is 0 Å². The van der Waals surface area contributed by atoms with Crippen LogP contribution in [0.3, 0.4) is 0 Å². The number of hydrogen-bond acceptors (Lipinski definition) is 2. The lowest BCUT2D eigenvalue weighted by Gasteiger charge is -2.37. The summed E-state index contributed by atoms with van der Waals surface area (Å²) in [5.41, 5.74) is 0.0288. The molecule has 4 nitrogen and oxygen atoms in total. The van der Waals surface area contributed by atoms with Gasteiger partial charge in [0.2, 0.25) is 0 Å². The van der Waals surface area contributed by atoms with Crippen LogP contribution in [0.25, 0.3) is 0 Å². The third kappa shape index (κ3) is 5.93. The monoisotopic (exact) mass is 409 g/mol. The van der Waals surface area contributed by atoms with Crippen molar-refractivity contribution in [1.82, 2.24) is 10.6 Å². The summed E-state index contributed by atoms with van der Waals surface area (Å²) in [5.74, 6) is 1.72. The minimum absolute atomic E-state index is 0. The molecule has 2 atom stereocenters. The average Bonchev–Trinajstić information content (AvgIpc) is 3.17. The van der Waals surface area contributed by atoms with E-state index in [0.717, 1.165) is 31.4 Å². The molecule has 2 rings (SSSR count). The fraction of sp³-hybridized carbons (Fsp3) is 0.938. The van der Waals surface area contributed by atoms with Gasteiger partial charge in [0.05, 0.1) is 5.60 Å². The summed E-state index contributed by atoms with van der Waals surface area (Å²) in [6.45, 7) is 6.21. The van der Waals surface area contributed by atoms with Gasteiger partial charge in [-0.05, 0) is 31.6 Å². The molecular weight excluding hydrogens is 377 g/mol. The van der Waals surface area contributed by atoms with E-state index in [2.05, 4.69) is 29.5 Å². The molecule has 0 bridgehead atoms. The molecule has 0 radical (unpaired) electrons. The largest absolute Gasteiger partial charge is 0.373 e. The van der Waals surface area contributed by atoms with E-state index in [1.807, 2.05) is 7.05 Å². The average molecular weight is 409 g/mol. The molecular formula is C16H32IN3O. The third-order valence-corrected chi connectivity index (χ3v) is 4.61. The van der Waals surface area contributed by atoms with Crippen LogP contribution < -0.4 is 10.6 Å². The zero-order chi connectivity index (χ0) is 14.4. The minimum Gasteiger partial charge on any atom is -0.373 e. The molecule has 0 aromatic heterocycles. The van der Waals surface area contributed by atoms with Gasteiger partial charge in [-0.25, -0.2) is 0 Å². The van der Waals surface area contributed by atoms with Crippen molar-refractivity contribution in [1.29, 1.82) is 0 Å². The Kier molecular flexibility index (Phi) is 8.31. The van der Waals surface area contributed by atoms with Crippen molar-refractivity contribution in [2.45, 2.75) is 70.4 Å². The van der Waals surface area contributed by atoms with E-state index in [-0.39, 0.29) is 29.6 Å². The van der Waals surface area contributed by atoms with Gasteiger partial charge in [-0.1, -0.05) is 33.1 Å². The van der Waals surface area contributed by atoms with Gasteiger partial charge in [0.1, 0.15) is 0 Å². The number of guanidine groups is 1. The normalized spacial score (nSPS) is 27.7. The second-order valence-corrected chi connectivity index (χ2v) is 6.48. The van der Waals surface area contributed by atoms with Crippen LogP contribution in [-0.2, 0) is 4.74 Å². The van der Waals surface area contributed by atoms with Gasteiger partial charge in [0.25, 0.3) is 0 Å². The summed E-state index contributed by atoms with van der Waals surface area (Å²) in [4.78, 5) is 4.34. The highest BCUT2D eigenvalue weighted by atomic mass is 127. The van der Waals surface area contributed by atoms with Gasteiger partial charge >= 0.3 is 0 Å². The first-order chi connectivity index (χ1) is 9.69. The van der Waals surface area contributed by atoms with Crippen molar-refractivity contribution in [3.63, 3.8) is 0 Å². The maximum Gasteiger partial charge on any atom is 0.191 e. The first-order valence-corrected chi connectivity index (χ1v) is 8.30. The van der Waals surface area contributed by atoms with Crippen molar-refractivity contribution in [3.8, 4) is 0 Å². The number of halogens is 1. The molecule has 2 aliphatic carbocycles. The summed E-state index contributed by atoms with van der Waals surface area (Å²) in [6.07, 6.45) is 8.64. The molecule has 0 amide bonds. The third-order valence-electron chi connectivity index (χ3n) is 4.61. The summed E-state index contributed by atoms with van der Waals surface area (Å²) >= 11 is 0. The highest BCUT2D eigenvalue weighted by Crippen LogP contribution is 2.31. The fourth-order valence-corrected chi connectivity index (χ4v) is 3.03. The predicted octanol–water partition coefficient (Wildman–Crippen LogP) is 3.31. The maximum atomic E-state index is 6.21. The SMILES string of the molecule is CCCOC1(CNC(=NC)NC2CC2C)CCCCC1.I. The maximum absolute atomic E-state index is 6.21. The topological polar surface area (TPSA) is 45.6 Å². The lowest BCUT2D eigenvalue weighted by molar-refractivity contribution is -0.0657. The van der Waals surface area contributed by atoms with E-state index in [1.165, 1.54) is 38.5 Å². The molecule has 0 aliphatic heterocycles. The minimum atomic E-state index is 0. The van der Waals surface area contributed by atoms with Crippen LogP contribution in [0.15, 0.2) is 4.99 Å². The number of rotatable bonds is 6. The van der Waals surface area contributed by atoms with Crippen LogP contribution in [-0.4, -0.2) is 37.8 Å². The molecule has 2 N–H and O–H groups in total. The Bertz CT molecular complexity index is 329. The second-order valence-electron chi connectivity index (χ2n) is 6.48. The quantitative estimate of drug-likeness (QED) is 0.402. The van der Waals surface area contributed by atoms with E-state index in [9.17, 15) is 0 Å². The van der Waals surface area contributed by atoms with Gasteiger partial charge in [0.15, 0.2) is 5.96 Å². The molecule has 2 unspecified atom stereocenters. The lowest BCUT2D eigenvalue weighted by atomic mass is 9.84. The Balaban J connectivity index is 0.00000220. The van der Waals surface area contributed by atoms with Gasteiger partial charge in [0, 0.05) is 26.2 Å². The van der Waals surface area contributed by atoms with E-state index >= 15 is 0 Å². The van der Waals surface area contributed by atoms with E-state index in [4.69, 9.17) is 4.74 Å². The number of hydrogen-bond donors (Lipinski definition) is 2. The molecule has 0 spiro atoms. The van der Waals surface area contributed by atoms with Crippen LogP contribution in [0.4, 0.5) is 0 Å². The van der Waals surface area contributed by atoms with Gasteiger partial charge < -0.3 is 15.4 Å². The Morgan fingerprint density at radius 2 is 1.95 bits per heavy atom. The first-order valence-electron chi connectivity index (χ1n) is 8.30. The summed E-state index contributed by atoms with van der Waals surface area (Å²) in [6, 6.07) is 0.611. The first kappa shape index (κ1) is 19.0. The summed E-state index contributed by atoms with van der Waals surface area (Å²) in [7, 11) is 1.85. The molecule has 124 valence electrons. The standard InChI is InChI=1S/C16H31N3O.HI/c1-4-10-20-16(8-6-5-7-9-16)12-18-15(17-3)19-14-11-13(14)2;/h13-14H,4-12H2,1-3H3,(H2,17,18,19);1H. The van der Waals surface area contributed by atoms with Crippen LogP contribution in [0.5, 0.6) is 0 Å². The molecule has 2 saturated carbocycles. The molecule has 5 heteroatoms. The van der Waals surface area contributed by atoms with Crippen molar-refractivity contribution in [2.75, 3.05) is 20.2 Å². The smallest absolute Gasteiger partial charge is 0.191 e. The van der Waals surface area contributed by atoms with Crippen molar-refractivity contribution in [3.05, 3.63) is 0 Å². The van der Waals surface area contributed by atoms with Gasteiger partial charge in [-0.3, -0.25) is 4.99 Å². The molecule has 2 aliphatic rings. The molecule has 0 saturated heterocycles. The van der Waals surface area contributed by atoms with E-state index in [0.29, 0.717) is 6.04 Å². The molecule has 0 aromatic rings. The highest BCUT2D eigenvalue weighted by molar-refractivity contribution is 14.0. The zero-order valence-corrected chi connectivity index (χ0v) is 16.1. The van der Waals surface area contributed by atoms with Gasteiger partial charge in [-0.2, -0.15) is 0 Å². The van der Waals surface area contributed by atoms with Gasteiger partial charge in [-0.15, -0.1) is 24.0 Å². The van der Waals surface area contributed by atoms with Crippen molar-refractivity contribution < 1.29 is 4.74 Å². The molecule has 0 aromatic carbocycles. The summed E-state index contributed by atoms with van der Waals surface area (Å²) < 4.78 is 6.21. The Hall–Kier alpha value is -0.0400. The van der Waals surface area contributed by atoms with Crippen molar-refractivity contribution in [2.24, 2.45) is 10.9 Å². The van der Waals surface area contributed by atoms with Crippen LogP contribution in [0, 0.1) is 5.92 Å². The van der Waals surface area contributed by atoms with E-state index in [1.54, 1.807) is 0 Å². The molecule has 2 fully saturated rings. The molecule has 0 heterocycles. The lowest BCUT2D eigenvalue weighted by Crippen LogP contribution is -2.50. The predicted molar refractivity (Wildman–Crippen MR) is 99.5 cm³/mol. The fourth-order valence-electron chi connectivity index (χ4n) is 3.03. The Morgan fingerprint density at radius 1 is 1.29 bits per heavy atom. The number of nitrogens with zero attached hydrogens (tertiary/aromatic N) is 1. The Morgan fingerprint density at radius 3 is 2.48 bits per heavy atom. The Labute approximate surface area is 146 Å². The number of ether oxygens (including phenoxy) is 1. The number of aliphatic imine (C=N–C) groups is 1. The molecule has 21 heavy (non-hydrogen) atoms. The second kappa shape index (κ2) is 9.18.